The lowest BCUT2D eigenvalue weighted by Gasteiger charge is -2.33. The molecule has 0 aliphatic carbocycles. The van der Waals surface area contributed by atoms with Crippen LogP contribution in [0.2, 0.25) is 0 Å². The highest BCUT2D eigenvalue weighted by atomic mass is 32.2. The van der Waals surface area contributed by atoms with Gasteiger partial charge in [0.15, 0.2) is 0 Å². The Hall–Kier alpha value is -1.23. The van der Waals surface area contributed by atoms with Gasteiger partial charge in [-0.2, -0.15) is 11.8 Å². The normalized spacial score (nSPS) is 20.4. The molecule has 2 rings (SSSR count). The highest BCUT2D eigenvalue weighted by Crippen LogP contribution is 2.21. The van der Waals surface area contributed by atoms with Crippen molar-refractivity contribution in [2.75, 3.05) is 23.8 Å². The Labute approximate surface area is 104 Å². The van der Waals surface area contributed by atoms with E-state index in [-0.39, 0.29) is 17.5 Å². The molecule has 1 aromatic rings. The molecule has 2 N–H and O–H groups in total. The summed E-state index contributed by atoms with van der Waals surface area (Å²) in [6.07, 6.45) is 0. The zero-order valence-electron chi connectivity index (χ0n) is 9.65. The third-order valence-electron chi connectivity index (χ3n) is 2.85. The largest absolute Gasteiger partial charge is 0.399 e. The van der Waals surface area contributed by atoms with E-state index >= 15 is 0 Å². The zero-order chi connectivity index (χ0) is 12.4. The lowest BCUT2D eigenvalue weighted by Crippen LogP contribution is -2.44. The summed E-state index contributed by atoms with van der Waals surface area (Å²) in [4.78, 5) is 13.9. The topological polar surface area (TPSA) is 46.3 Å². The Bertz CT molecular complexity index is 439. The first kappa shape index (κ1) is 12.2. The van der Waals surface area contributed by atoms with E-state index in [4.69, 9.17) is 5.73 Å². The summed E-state index contributed by atoms with van der Waals surface area (Å²) in [6, 6.07) is 4.25. The number of rotatable bonds is 1. The van der Waals surface area contributed by atoms with Crippen LogP contribution in [-0.4, -0.2) is 34.9 Å². The van der Waals surface area contributed by atoms with Crippen molar-refractivity contribution >= 4 is 23.4 Å². The van der Waals surface area contributed by atoms with Crippen molar-refractivity contribution in [3.63, 3.8) is 0 Å². The first-order valence-electron chi connectivity index (χ1n) is 5.53. The van der Waals surface area contributed by atoms with E-state index in [1.165, 1.54) is 18.2 Å². The number of thioether (sulfide) groups is 1. The van der Waals surface area contributed by atoms with Gasteiger partial charge in [-0.3, -0.25) is 4.79 Å². The number of carbonyl (C=O) groups is 1. The van der Waals surface area contributed by atoms with Crippen LogP contribution in [0.25, 0.3) is 0 Å². The van der Waals surface area contributed by atoms with Crippen molar-refractivity contribution in [1.82, 2.24) is 4.90 Å². The number of nitrogens with zero attached hydrogens (tertiary/aromatic N) is 1. The van der Waals surface area contributed by atoms with Gasteiger partial charge >= 0.3 is 0 Å². The molecule has 1 saturated heterocycles. The Kier molecular flexibility index (Phi) is 3.57. The number of nitrogen functional groups attached to an aromatic ring is 1. The van der Waals surface area contributed by atoms with Crippen LogP contribution in [0.4, 0.5) is 10.1 Å². The number of hydrogen-bond acceptors (Lipinski definition) is 3. The molecule has 1 aromatic carbocycles. The number of carbonyl (C=O) groups excluding carboxylic acids is 1. The van der Waals surface area contributed by atoms with E-state index in [2.05, 4.69) is 0 Å². The summed E-state index contributed by atoms with van der Waals surface area (Å²) in [5, 5.41) is 0. The van der Waals surface area contributed by atoms with E-state index in [0.717, 1.165) is 11.5 Å². The Morgan fingerprint density at radius 3 is 3.06 bits per heavy atom. The molecule has 1 aliphatic heterocycles. The fraction of sp³-hybridized carbons (Fsp3) is 0.417. The SMILES string of the molecule is CC1CSCCN1C(=O)c1cc(N)ccc1F. The van der Waals surface area contributed by atoms with E-state index in [0.29, 0.717) is 12.2 Å². The van der Waals surface area contributed by atoms with Gasteiger partial charge in [-0.05, 0) is 25.1 Å². The summed E-state index contributed by atoms with van der Waals surface area (Å²) in [5.74, 6) is 1.03. The minimum Gasteiger partial charge on any atom is -0.399 e. The van der Waals surface area contributed by atoms with Gasteiger partial charge in [0.25, 0.3) is 5.91 Å². The molecule has 3 nitrogen and oxygen atoms in total. The second kappa shape index (κ2) is 4.96. The molecule has 5 heteroatoms. The Morgan fingerprint density at radius 2 is 2.35 bits per heavy atom. The molecule has 1 fully saturated rings. The molecular formula is C12H15FN2OS. The molecule has 0 saturated carbocycles. The first-order valence-corrected chi connectivity index (χ1v) is 6.69. The van der Waals surface area contributed by atoms with Crippen LogP contribution in [0.5, 0.6) is 0 Å². The lowest BCUT2D eigenvalue weighted by molar-refractivity contribution is 0.0711. The summed E-state index contributed by atoms with van der Waals surface area (Å²) in [7, 11) is 0. The predicted octanol–water partition coefficient (Wildman–Crippen LogP) is 1.99. The van der Waals surface area contributed by atoms with Gasteiger partial charge in [0, 0.05) is 29.8 Å². The highest BCUT2D eigenvalue weighted by molar-refractivity contribution is 7.99. The second-order valence-corrected chi connectivity index (χ2v) is 5.31. The maximum atomic E-state index is 13.6. The standard InChI is InChI=1S/C12H15FN2OS/c1-8-7-17-5-4-15(8)12(16)10-6-9(14)2-3-11(10)13/h2-3,6,8H,4-5,7,14H2,1H3. The number of benzene rings is 1. The van der Waals surface area contributed by atoms with Crippen LogP contribution >= 0.6 is 11.8 Å². The van der Waals surface area contributed by atoms with Crippen LogP contribution in [-0.2, 0) is 0 Å². The summed E-state index contributed by atoms with van der Waals surface area (Å²) < 4.78 is 13.6. The van der Waals surface area contributed by atoms with Crippen LogP contribution in [0.1, 0.15) is 17.3 Å². The molecule has 0 radical (unpaired) electrons. The number of halogens is 1. The molecule has 17 heavy (non-hydrogen) atoms. The quantitative estimate of drug-likeness (QED) is 0.780. The summed E-state index contributed by atoms with van der Waals surface area (Å²) in [5.41, 5.74) is 6.07. The van der Waals surface area contributed by atoms with E-state index in [1.54, 1.807) is 4.90 Å². The predicted molar refractivity (Wildman–Crippen MR) is 68.6 cm³/mol. The summed E-state index contributed by atoms with van der Waals surface area (Å²) >= 11 is 1.81. The number of nitrogens with two attached hydrogens (primary N) is 1. The maximum absolute atomic E-state index is 13.6. The average Bonchev–Trinajstić information content (AvgIpc) is 2.32. The monoisotopic (exact) mass is 254 g/mol. The molecular weight excluding hydrogens is 239 g/mol. The molecule has 0 aromatic heterocycles. The second-order valence-electron chi connectivity index (χ2n) is 4.16. The molecule has 1 heterocycles. The lowest BCUT2D eigenvalue weighted by atomic mass is 10.1. The minimum atomic E-state index is -0.505. The number of amides is 1. The molecule has 1 atom stereocenters. The van der Waals surface area contributed by atoms with Crippen molar-refractivity contribution in [3.8, 4) is 0 Å². The van der Waals surface area contributed by atoms with Crippen molar-refractivity contribution in [1.29, 1.82) is 0 Å². The van der Waals surface area contributed by atoms with Gasteiger partial charge in [-0.1, -0.05) is 0 Å². The van der Waals surface area contributed by atoms with Crippen LogP contribution < -0.4 is 5.73 Å². The van der Waals surface area contributed by atoms with Gasteiger partial charge in [-0.25, -0.2) is 4.39 Å². The van der Waals surface area contributed by atoms with Crippen molar-refractivity contribution in [3.05, 3.63) is 29.6 Å². The van der Waals surface area contributed by atoms with Crippen molar-refractivity contribution < 1.29 is 9.18 Å². The van der Waals surface area contributed by atoms with Crippen LogP contribution in [0, 0.1) is 5.82 Å². The van der Waals surface area contributed by atoms with Crippen LogP contribution in [0.15, 0.2) is 18.2 Å². The van der Waals surface area contributed by atoms with Gasteiger partial charge in [-0.15, -0.1) is 0 Å². The van der Waals surface area contributed by atoms with E-state index in [1.807, 2.05) is 18.7 Å². The molecule has 0 spiro atoms. The number of hydrogen-bond donors (Lipinski definition) is 1. The van der Waals surface area contributed by atoms with Gasteiger partial charge in [0.2, 0.25) is 0 Å². The van der Waals surface area contributed by atoms with Gasteiger partial charge in [0.05, 0.1) is 5.56 Å². The molecule has 92 valence electrons. The summed E-state index contributed by atoms with van der Waals surface area (Å²) in [6.45, 7) is 2.65. The Balaban J connectivity index is 2.26. The van der Waals surface area contributed by atoms with E-state index in [9.17, 15) is 9.18 Å². The third-order valence-corrected chi connectivity index (χ3v) is 4.04. The highest BCUT2D eigenvalue weighted by Gasteiger charge is 2.26. The minimum absolute atomic E-state index is 0.0729. The maximum Gasteiger partial charge on any atom is 0.257 e. The molecule has 1 aliphatic rings. The third kappa shape index (κ3) is 2.54. The van der Waals surface area contributed by atoms with Crippen molar-refractivity contribution in [2.45, 2.75) is 13.0 Å². The average molecular weight is 254 g/mol. The molecule has 1 amide bonds. The van der Waals surface area contributed by atoms with Crippen molar-refractivity contribution in [2.24, 2.45) is 0 Å². The van der Waals surface area contributed by atoms with Crippen LogP contribution in [0.3, 0.4) is 0 Å². The fourth-order valence-electron chi connectivity index (χ4n) is 1.89. The fourth-order valence-corrected chi connectivity index (χ4v) is 2.90. The first-order chi connectivity index (χ1) is 8.09. The van der Waals surface area contributed by atoms with E-state index < -0.39 is 5.82 Å². The molecule has 1 unspecified atom stereocenters. The zero-order valence-corrected chi connectivity index (χ0v) is 10.5. The Morgan fingerprint density at radius 1 is 1.59 bits per heavy atom. The van der Waals surface area contributed by atoms with Gasteiger partial charge in [0.1, 0.15) is 5.82 Å². The molecule has 0 bridgehead atoms. The number of anilines is 1. The van der Waals surface area contributed by atoms with Gasteiger partial charge < -0.3 is 10.6 Å². The smallest absolute Gasteiger partial charge is 0.257 e.